The van der Waals surface area contributed by atoms with Gasteiger partial charge in [0.1, 0.15) is 0 Å². The fourth-order valence-electron chi connectivity index (χ4n) is 2.28. The summed E-state index contributed by atoms with van der Waals surface area (Å²) in [7, 11) is 0. The molecule has 0 amide bonds. The van der Waals surface area contributed by atoms with Crippen LogP contribution in [0.4, 0.5) is 0 Å². The van der Waals surface area contributed by atoms with Crippen molar-refractivity contribution in [2.75, 3.05) is 6.54 Å². The average Bonchev–Trinajstić information content (AvgIpc) is 3.09. The molecule has 0 radical (unpaired) electrons. The van der Waals surface area contributed by atoms with Crippen molar-refractivity contribution in [3.63, 3.8) is 0 Å². The van der Waals surface area contributed by atoms with Gasteiger partial charge in [-0.3, -0.25) is 4.40 Å². The first-order chi connectivity index (χ1) is 10.2. The summed E-state index contributed by atoms with van der Waals surface area (Å²) in [6, 6.07) is 2.48. The summed E-state index contributed by atoms with van der Waals surface area (Å²) in [5.41, 5.74) is 2.43. The lowest BCUT2D eigenvalue weighted by Crippen LogP contribution is -2.24. The van der Waals surface area contributed by atoms with Gasteiger partial charge in [0.15, 0.2) is 4.96 Å². The van der Waals surface area contributed by atoms with E-state index in [9.17, 15) is 0 Å². The number of nitrogens with zero attached hydrogens (tertiary/aromatic N) is 2. The minimum atomic E-state index is 0.284. The second kappa shape index (κ2) is 6.91. The predicted octanol–water partition coefficient (Wildman–Crippen LogP) is 5.27. The van der Waals surface area contributed by atoms with Gasteiger partial charge >= 0.3 is 0 Å². The Morgan fingerprint density at radius 1 is 1.43 bits per heavy atom. The van der Waals surface area contributed by atoms with E-state index in [2.05, 4.69) is 72.3 Å². The quantitative estimate of drug-likeness (QED) is 0.556. The van der Waals surface area contributed by atoms with Crippen LogP contribution in [-0.4, -0.2) is 15.9 Å². The van der Waals surface area contributed by atoms with Crippen LogP contribution < -0.4 is 5.32 Å². The molecule has 3 aromatic heterocycles. The van der Waals surface area contributed by atoms with Gasteiger partial charge in [0.2, 0.25) is 0 Å². The number of thiophene rings is 1. The van der Waals surface area contributed by atoms with E-state index < -0.39 is 0 Å². The van der Waals surface area contributed by atoms with Crippen molar-refractivity contribution in [3.05, 3.63) is 42.7 Å². The van der Waals surface area contributed by atoms with Crippen molar-refractivity contribution in [2.24, 2.45) is 0 Å². The zero-order valence-corrected chi connectivity index (χ0v) is 16.3. The number of rotatable bonds is 6. The van der Waals surface area contributed by atoms with Crippen molar-refractivity contribution in [1.29, 1.82) is 0 Å². The third kappa shape index (κ3) is 3.59. The third-order valence-corrected chi connectivity index (χ3v) is 6.41. The van der Waals surface area contributed by atoms with E-state index >= 15 is 0 Å². The predicted molar refractivity (Wildman–Crippen MR) is 97.5 cm³/mol. The number of halogens is 2. The topological polar surface area (TPSA) is 29.3 Å². The molecule has 3 nitrogen and oxygen atoms in total. The molecule has 0 spiro atoms. The minimum Gasteiger partial charge on any atom is -0.310 e. The van der Waals surface area contributed by atoms with Crippen LogP contribution in [0.3, 0.4) is 0 Å². The molecule has 1 N–H and O–H groups in total. The van der Waals surface area contributed by atoms with E-state index in [-0.39, 0.29) is 6.04 Å². The largest absolute Gasteiger partial charge is 0.310 e. The molecular formula is C14H15Br2N3S2. The maximum absolute atomic E-state index is 4.70. The van der Waals surface area contributed by atoms with Gasteiger partial charge in [0, 0.05) is 30.2 Å². The van der Waals surface area contributed by atoms with Crippen molar-refractivity contribution in [3.8, 4) is 0 Å². The molecule has 7 heteroatoms. The minimum absolute atomic E-state index is 0.284. The van der Waals surface area contributed by atoms with E-state index in [0.717, 1.165) is 33.8 Å². The molecule has 0 fully saturated rings. The highest BCUT2D eigenvalue weighted by molar-refractivity contribution is 9.12. The van der Waals surface area contributed by atoms with Crippen molar-refractivity contribution in [2.45, 2.75) is 25.8 Å². The number of imidazole rings is 1. The van der Waals surface area contributed by atoms with Crippen LogP contribution in [0.25, 0.3) is 4.96 Å². The van der Waals surface area contributed by atoms with Gasteiger partial charge in [-0.15, -0.1) is 22.7 Å². The molecule has 1 atom stereocenters. The zero-order chi connectivity index (χ0) is 14.8. The number of thiazole rings is 1. The Kier molecular flexibility index (Phi) is 5.16. The molecule has 0 aliphatic rings. The summed E-state index contributed by atoms with van der Waals surface area (Å²) in [6.07, 6.45) is 6.21. The van der Waals surface area contributed by atoms with Crippen LogP contribution in [0.1, 0.15) is 30.6 Å². The molecule has 0 saturated heterocycles. The number of hydrogen-bond donors (Lipinski definition) is 1. The molecular weight excluding hydrogens is 434 g/mol. The lowest BCUT2D eigenvalue weighted by atomic mass is 10.1. The van der Waals surface area contributed by atoms with Gasteiger partial charge < -0.3 is 5.32 Å². The van der Waals surface area contributed by atoms with Gasteiger partial charge in [-0.2, -0.15) is 0 Å². The highest BCUT2D eigenvalue weighted by Crippen LogP contribution is 2.36. The summed E-state index contributed by atoms with van der Waals surface area (Å²) in [5, 5.41) is 5.70. The highest BCUT2D eigenvalue weighted by Gasteiger charge is 2.18. The number of hydrogen-bond acceptors (Lipinski definition) is 4. The zero-order valence-electron chi connectivity index (χ0n) is 11.5. The van der Waals surface area contributed by atoms with Crippen LogP contribution >= 0.6 is 54.5 Å². The van der Waals surface area contributed by atoms with Crippen LogP contribution in [-0.2, 0) is 6.42 Å². The summed E-state index contributed by atoms with van der Waals surface area (Å²) in [5.74, 6) is 0. The number of nitrogens with one attached hydrogen (secondary N) is 1. The molecule has 3 rings (SSSR count). The van der Waals surface area contributed by atoms with Gasteiger partial charge in [0.25, 0.3) is 0 Å². The Morgan fingerprint density at radius 2 is 2.29 bits per heavy atom. The van der Waals surface area contributed by atoms with Gasteiger partial charge in [-0.05, 0) is 56.5 Å². The lowest BCUT2D eigenvalue weighted by molar-refractivity contribution is 0.525. The molecule has 0 saturated carbocycles. The molecule has 0 aliphatic heterocycles. The van der Waals surface area contributed by atoms with E-state index in [0.29, 0.717) is 0 Å². The second-order valence-electron chi connectivity index (χ2n) is 4.82. The SMILES string of the molecule is CCCNC(Cc1cn2ccsc2n1)c1cc(Br)sc1Br. The summed E-state index contributed by atoms with van der Waals surface area (Å²) < 4.78 is 4.43. The first kappa shape index (κ1) is 15.7. The van der Waals surface area contributed by atoms with Crippen LogP contribution in [0.15, 0.2) is 31.4 Å². The standard InChI is InChI=1S/C14H15Br2N3S2/c1-2-3-17-11(10-7-12(15)21-13(10)16)6-9-8-19-4-5-20-14(19)18-9/h4-5,7-8,11,17H,2-3,6H2,1H3. The van der Waals surface area contributed by atoms with Gasteiger partial charge in [-0.25, -0.2) is 4.98 Å². The number of fused-ring (bicyclic) bond motifs is 1. The maximum atomic E-state index is 4.70. The van der Waals surface area contributed by atoms with E-state index in [1.807, 2.05) is 0 Å². The molecule has 112 valence electrons. The molecule has 1 unspecified atom stereocenters. The Hall–Kier alpha value is -0.210. The second-order valence-corrected chi connectivity index (χ2v) is 9.44. The highest BCUT2D eigenvalue weighted by atomic mass is 79.9. The van der Waals surface area contributed by atoms with E-state index in [1.165, 1.54) is 9.35 Å². The molecule has 21 heavy (non-hydrogen) atoms. The van der Waals surface area contributed by atoms with Crippen molar-refractivity contribution >= 4 is 59.5 Å². The smallest absolute Gasteiger partial charge is 0.193 e. The normalized spacial score (nSPS) is 13.1. The monoisotopic (exact) mass is 447 g/mol. The molecule has 3 heterocycles. The fourth-order valence-corrected chi connectivity index (χ4v) is 5.98. The Labute approximate surface area is 148 Å². The Balaban J connectivity index is 1.84. The third-order valence-electron chi connectivity index (χ3n) is 3.26. The maximum Gasteiger partial charge on any atom is 0.193 e. The number of aromatic nitrogens is 2. The lowest BCUT2D eigenvalue weighted by Gasteiger charge is -2.17. The van der Waals surface area contributed by atoms with E-state index in [4.69, 9.17) is 4.98 Å². The average molecular weight is 449 g/mol. The Morgan fingerprint density at radius 3 is 2.95 bits per heavy atom. The fraction of sp³-hybridized carbons (Fsp3) is 0.357. The van der Waals surface area contributed by atoms with Crippen LogP contribution in [0, 0.1) is 0 Å². The Bertz CT molecular complexity index is 703. The van der Waals surface area contributed by atoms with Crippen molar-refractivity contribution < 1.29 is 0 Å². The van der Waals surface area contributed by atoms with Gasteiger partial charge in [-0.1, -0.05) is 6.92 Å². The molecule has 0 bridgehead atoms. The van der Waals surface area contributed by atoms with Gasteiger partial charge in [0.05, 0.1) is 13.3 Å². The molecule has 3 aromatic rings. The van der Waals surface area contributed by atoms with E-state index in [1.54, 1.807) is 22.7 Å². The summed E-state index contributed by atoms with van der Waals surface area (Å²) in [4.78, 5) is 5.76. The van der Waals surface area contributed by atoms with Crippen molar-refractivity contribution in [1.82, 2.24) is 14.7 Å². The van der Waals surface area contributed by atoms with Crippen LogP contribution in [0.5, 0.6) is 0 Å². The van der Waals surface area contributed by atoms with Crippen LogP contribution in [0.2, 0.25) is 0 Å². The first-order valence-corrected chi connectivity index (χ1v) is 10.0. The first-order valence-electron chi connectivity index (χ1n) is 6.76. The molecule has 0 aliphatic carbocycles. The molecule has 0 aromatic carbocycles. The summed E-state index contributed by atoms with van der Waals surface area (Å²) in [6.45, 7) is 3.20. The summed E-state index contributed by atoms with van der Waals surface area (Å²) >= 11 is 10.6.